The van der Waals surface area contributed by atoms with Crippen molar-refractivity contribution in [1.82, 2.24) is 9.47 Å². The van der Waals surface area contributed by atoms with Gasteiger partial charge in [-0.05, 0) is 42.7 Å². The van der Waals surface area contributed by atoms with Crippen molar-refractivity contribution in [2.24, 2.45) is 7.05 Å². The van der Waals surface area contributed by atoms with Crippen LogP contribution in [0.1, 0.15) is 36.1 Å². The number of benzene rings is 2. The molecule has 4 rings (SSSR count). The van der Waals surface area contributed by atoms with E-state index in [0.717, 1.165) is 35.4 Å². The van der Waals surface area contributed by atoms with Crippen LogP contribution in [0, 0.1) is 6.92 Å². The maximum absolute atomic E-state index is 12.8. The first-order valence-electron chi connectivity index (χ1n) is 11.9. The third-order valence-corrected chi connectivity index (χ3v) is 6.35. The van der Waals surface area contributed by atoms with Crippen LogP contribution >= 0.6 is 0 Å². The number of hydrogen-bond donors (Lipinski definition) is 0. The molecule has 1 aliphatic rings. The number of ether oxygens (including phenoxy) is 2. The maximum Gasteiger partial charge on any atom is 0.254 e. The van der Waals surface area contributed by atoms with E-state index in [1.807, 2.05) is 72.5 Å². The van der Waals surface area contributed by atoms with Crippen molar-refractivity contribution in [3.8, 4) is 11.5 Å². The normalized spacial score (nSPS) is 14.1. The van der Waals surface area contributed by atoms with E-state index < -0.39 is 0 Å². The minimum atomic E-state index is -0.0721. The molecular weight excluding hydrogens is 428 g/mol. The van der Waals surface area contributed by atoms with Crippen molar-refractivity contribution in [2.75, 3.05) is 13.1 Å². The number of piperidine rings is 1. The van der Waals surface area contributed by atoms with Crippen LogP contribution in [0.5, 0.6) is 11.5 Å². The second-order valence-corrected chi connectivity index (χ2v) is 8.85. The van der Waals surface area contributed by atoms with E-state index in [2.05, 4.69) is 0 Å². The first-order valence-corrected chi connectivity index (χ1v) is 11.9. The molecule has 2 heterocycles. The molecule has 1 fully saturated rings. The lowest BCUT2D eigenvalue weighted by Crippen LogP contribution is -2.42. The fourth-order valence-electron chi connectivity index (χ4n) is 4.16. The van der Waals surface area contributed by atoms with Gasteiger partial charge in [-0.25, -0.2) is 0 Å². The highest BCUT2D eigenvalue weighted by molar-refractivity contribution is 5.76. The van der Waals surface area contributed by atoms with Crippen molar-refractivity contribution >= 4 is 5.91 Å². The molecule has 0 unspecified atom stereocenters. The van der Waals surface area contributed by atoms with Crippen LogP contribution in [-0.4, -0.2) is 34.6 Å². The molecule has 1 aliphatic heterocycles. The van der Waals surface area contributed by atoms with Gasteiger partial charge in [0.05, 0.1) is 0 Å². The number of aromatic nitrogens is 1. The zero-order valence-corrected chi connectivity index (χ0v) is 19.9. The molecule has 0 saturated carbocycles. The molecule has 0 bridgehead atoms. The van der Waals surface area contributed by atoms with Crippen molar-refractivity contribution < 1.29 is 14.3 Å². The van der Waals surface area contributed by atoms with E-state index in [4.69, 9.17) is 9.47 Å². The van der Waals surface area contributed by atoms with Gasteiger partial charge in [0.1, 0.15) is 24.2 Å². The quantitative estimate of drug-likeness (QED) is 0.504. The Hall–Kier alpha value is -3.54. The second kappa shape index (κ2) is 11.1. The molecule has 0 radical (unpaired) electrons. The van der Waals surface area contributed by atoms with Crippen LogP contribution in [0.15, 0.2) is 71.5 Å². The number of nitrogens with zero attached hydrogens (tertiary/aromatic N) is 2. The molecule has 0 spiro atoms. The molecular formula is C28H32N2O4. The average Bonchev–Trinajstić information content (AvgIpc) is 2.86. The lowest BCUT2D eigenvalue weighted by molar-refractivity contribution is -0.132. The molecule has 1 amide bonds. The smallest absolute Gasteiger partial charge is 0.254 e. The van der Waals surface area contributed by atoms with Gasteiger partial charge in [-0.3, -0.25) is 9.59 Å². The molecule has 0 atom stereocenters. The van der Waals surface area contributed by atoms with Gasteiger partial charge < -0.3 is 18.9 Å². The fraction of sp³-hybridized carbons (Fsp3) is 0.357. The summed E-state index contributed by atoms with van der Waals surface area (Å²) >= 11 is 0. The van der Waals surface area contributed by atoms with Gasteiger partial charge in [0.15, 0.2) is 0 Å². The Bertz CT molecular complexity index is 1160. The average molecular weight is 461 g/mol. The summed E-state index contributed by atoms with van der Waals surface area (Å²) < 4.78 is 13.5. The number of carbonyl (C=O) groups is 1. The maximum atomic E-state index is 12.8. The Morgan fingerprint density at radius 1 is 0.941 bits per heavy atom. The standard InChI is InChI=1S/C28H32N2O4/c1-21-17-26(19-28(32)29(21)2)34-24-13-15-30(16-14-24)27(31)12-11-22-9-6-10-25(18-22)33-20-23-7-4-3-5-8-23/h3-10,17-19,24H,11-16,20H2,1-2H3. The molecule has 0 N–H and O–H groups in total. The molecule has 2 aromatic carbocycles. The summed E-state index contributed by atoms with van der Waals surface area (Å²) in [6.07, 6.45) is 2.71. The van der Waals surface area contributed by atoms with E-state index >= 15 is 0 Å². The Balaban J connectivity index is 1.22. The Labute approximate surface area is 200 Å². The number of aryl methyl sites for hydroxylation is 2. The molecule has 178 valence electrons. The summed E-state index contributed by atoms with van der Waals surface area (Å²) in [4.78, 5) is 26.7. The molecule has 6 heteroatoms. The number of pyridine rings is 1. The highest BCUT2D eigenvalue weighted by Crippen LogP contribution is 2.20. The minimum Gasteiger partial charge on any atom is -0.490 e. The Kier molecular flexibility index (Phi) is 7.68. The van der Waals surface area contributed by atoms with Gasteiger partial charge in [0, 0.05) is 51.2 Å². The third-order valence-electron chi connectivity index (χ3n) is 6.35. The van der Waals surface area contributed by atoms with Crippen LogP contribution in [0.25, 0.3) is 0 Å². The molecule has 0 aliphatic carbocycles. The number of hydrogen-bond acceptors (Lipinski definition) is 4. The number of likely N-dealkylation sites (tertiary alicyclic amines) is 1. The summed E-state index contributed by atoms with van der Waals surface area (Å²) in [5, 5.41) is 0. The van der Waals surface area contributed by atoms with Gasteiger partial charge in [-0.15, -0.1) is 0 Å². The summed E-state index contributed by atoms with van der Waals surface area (Å²) in [6, 6.07) is 21.5. The monoisotopic (exact) mass is 460 g/mol. The van der Waals surface area contributed by atoms with E-state index in [9.17, 15) is 9.59 Å². The molecule has 1 aromatic heterocycles. The van der Waals surface area contributed by atoms with Crippen molar-refractivity contribution in [1.29, 1.82) is 0 Å². The summed E-state index contributed by atoms with van der Waals surface area (Å²) in [7, 11) is 1.75. The first-order chi connectivity index (χ1) is 16.5. The van der Waals surface area contributed by atoms with Crippen LogP contribution in [0.3, 0.4) is 0 Å². The van der Waals surface area contributed by atoms with Crippen molar-refractivity contribution in [3.05, 3.63) is 93.9 Å². The topological polar surface area (TPSA) is 60.8 Å². The van der Waals surface area contributed by atoms with Crippen LogP contribution in [-0.2, 0) is 24.9 Å². The van der Waals surface area contributed by atoms with E-state index in [1.54, 1.807) is 11.6 Å². The lowest BCUT2D eigenvalue weighted by Gasteiger charge is -2.32. The van der Waals surface area contributed by atoms with Gasteiger partial charge in [-0.1, -0.05) is 42.5 Å². The fourth-order valence-corrected chi connectivity index (χ4v) is 4.16. The largest absolute Gasteiger partial charge is 0.490 e. The Morgan fingerprint density at radius 2 is 1.68 bits per heavy atom. The SMILES string of the molecule is Cc1cc(OC2CCN(C(=O)CCc3cccc(OCc4ccccc4)c3)CC2)cc(=O)n1C. The van der Waals surface area contributed by atoms with Crippen LogP contribution in [0.2, 0.25) is 0 Å². The minimum absolute atomic E-state index is 0.0222. The van der Waals surface area contributed by atoms with Crippen LogP contribution in [0.4, 0.5) is 0 Å². The predicted molar refractivity (Wildman–Crippen MR) is 132 cm³/mol. The van der Waals surface area contributed by atoms with Crippen LogP contribution < -0.4 is 15.0 Å². The first kappa shape index (κ1) is 23.6. The Morgan fingerprint density at radius 3 is 2.41 bits per heavy atom. The highest BCUT2D eigenvalue weighted by atomic mass is 16.5. The molecule has 3 aromatic rings. The van der Waals surface area contributed by atoms with Crippen molar-refractivity contribution in [2.45, 2.75) is 45.3 Å². The number of amides is 1. The second-order valence-electron chi connectivity index (χ2n) is 8.85. The predicted octanol–water partition coefficient (Wildman–Crippen LogP) is 4.28. The summed E-state index contributed by atoms with van der Waals surface area (Å²) in [5.41, 5.74) is 3.01. The third kappa shape index (κ3) is 6.28. The van der Waals surface area contributed by atoms with E-state index in [1.165, 1.54) is 6.07 Å². The summed E-state index contributed by atoms with van der Waals surface area (Å²) in [5.74, 6) is 1.59. The number of rotatable bonds is 8. The zero-order valence-electron chi connectivity index (χ0n) is 19.9. The van der Waals surface area contributed by atoms with Gasteiger partial charge >= 0.3 is 0 Å². The lowest BCUT2D eigenvalue weighted by atomic mass is 10.1. The molecule has 1 saturated heterocycles. The zero-order chi connectivity index (χ0) is 23.9. The van der Waals surface area contributed by atoms with Gasteiger partial charge in [-0.2, -0.15) is 0 Å². The van der Waals surface area contributed by atoms with Gasteiger partial charge in [0.2, 0.25) is 5.91 Å². The van der Waals surface area contributed by atoms with E-state index in [0.29, 0.717) is 38.3 Å². The van der Waals surface area contributed by atoms with Crippen molar-refractivity contribution in [3.63, 3.8) is 0 Å². The van der Waals surface area contributed by atoms with Gasteiger partial charge in [0.25, 0.3) is 5.56 Å². The van der Waals surface area contributed by atoms with E-state index in [-0.39, 0.29) is 17.6 Å². The molecule has 34 heavy (non-hydrogen) atoms. The summed E-state index contributed by atoms with van der Waals surface area (Å²) in [6.45, 7) is 3.76. The highest BCUT2D eigenvalue weighted by Gasteiger charge is 2.24. The molecule has 6 nitrogen and oxygen atoms in total. The number of carbonyl (C=O) groups excluding carboxylic acids is 1.